The Morgan fingerprint density at radius 3 is 2.35 bits per heavy atom. The van der Waals surface area contributed by atoms with Gasteiger partial charge in [0.05, 0.1) is 6.61 Å². The van der Waals surface area contributed by atoms with Crippen LogP contribution in [0, 0.1) is 12.8 Å². The van der Waals surface area contributed by atoms with Crippen LogP contribution in [0.1, 0.15) is 42.1 Å². The molecule has 0 aliphatic carbocycles. The molecule has 2 aliphatic heterocycles. The van der Waals surface area contributed by atoms with E-state index in [9.17, 15) is 20.4 Å². The second kappa shape index (κ2) is 11.2. The van der Waals surface area contributed by atoms with Crippen LogP contribution in [-0.2, 0) is 28.9 Å². The highest BCUT2D eigenvalue weighted by atomic mass is 16.7. The topological polar surface area (TPSA) is 126 Å². The average Bonchev–Trinajstić information content (AvgIpc) is 3.14. The van der Waals surface area contributed by atoms with E-state index >= 15 is 0 Å². The van der Waals surface area contributed by atoms with Crippen molar-refractivity contribution < 1.29 is 34.6 Å². The van der Waals surface area contributed by atoms with Crippen molar-refractivity contribution in [2.24, 2.45) is 5.92 Å². The molecule has 0 radical (unpaired) electrons. The maximum absolute atomic E-state index is 10.5. The molecule has 1 aromatic carbocycles. The van der Waals surface area contributed by atoms with E-state index in [0.717, 1.165) is 55.8 Å². The normalized spacial score (nSPS) is 28.2. The van der Waals surface area contributed by atoms with E-state index in [1.807, 2.05) is 11.6 Å². The molecule has 9 heteroatoms. The Bertz CT molecular complexity index is 924. The Balaban J connectivity index is 1.61. The fourth-order valence-corrected chi connectivity index (χ4v) is 4.58. The zero-order chi connectivity index (χ0) is 24.2. The van der Waals surface area contributed by atoms with E-state index in [1.54, 1.807) is 0 Å². The lowest BCUT2D eigenvalue weighted by Gasteiger charge is -2.39. The predicted molar refractivity (Wildman–Crippen MR) is 124 cm³/mol. The summed E-state index contributed by atoms with van der Waals surface area (Å²) in [6, 6.07) is 8.39. The molecule has 0 saturated carbocycles. The van der Waals surface area contributed by atoms with Crippen LogP contribution in [0.5, 0.6) is 5.88 Å². The van der Waals surface area contributed by atoms with Gasteiger partial charge < -0.3 is 34.6 Å². The first-order valence-corrected chi connectivity index (χ1v) is 12.1. The third-order valence-corrected chi connectivity index (χ3v) is 6.95. The molecule has 2 fully saturated rings. The summed E-state index contributed by atoms with van der Waals surface area (Å²) in [6.45, 7) is 5.83. The number of aryl methyl sites for hydroxylation is 1. The van der Waals surface area contributed by atoms with E-state index in [2.05, 4.69) is 31.2 Å². The van der Waals surface area contributed by atoms with Crippen LogP contribution in [0.3, 0.4) is 0 Å². The molecule has 0 bridgehead atoms. The molecule has 1 aromatic heterocycles. The van der Waals surface area contributed by atoms with Crippen LogP contribution in [0.15, 0.2) is 24.3 Å². The number of rotatable bonds is 8. The minimum atomic E-state index is -1.51. The van der Waals surface area contributed by atoms with Gasteiger partial charge in [0, 0.05) is 37.4 Å². The maximum Gasteiger partial charge on any atom is 0.239 e. The molecule has 2 aromatic rings. The van der Waals surface area contributed by atoms with E-state index in [4.69, 9.17) is 19.3 Å². The van der Waals surface area contributed by atoms with Crippen molar-refractivity contribution >= 4 is 0 Å². The average molecular weight is 477 g/mol. The number of aromatic nitrogens is 2. The summed E-state index contributed by atoms with van der Waals surface area (Å²) in [7, 11) is 0. The third-order valence-electron chi connectivity index (χ3n) is 6.95. The van der Waals surface area contributed by atoms with Gasteiger partial charge in [0.15, 0.2) is 0 Å². The molecule has 9 nitrogen and oxygen atoms in total. The van der Waals surface area contributed by atoms with Crippen molar-refractivity contribution in [3.05, 3.63) is 46.6 Å². The third kappa shape index (κ3) is 5.45. The van der Waals surface area contributed by atoms with Crippen LogP contribution < -0.4 is 4.74 Å². The van der Waals surface area contributed by atoms with Gasteiger partial charge >= 0.3 is 0 Å². The predicted octanol–water partition coefficient (Wildman–Crippen LogP) is 0.950. The summed E-state index contributed by atoms with van der Waals surface area (Å²) in [5.41, 5.74) is 4.19. The summed E-state index contributed by atoms with van der Waals surface area (Å²) >= 11 is 0. The van der Waals surface area contributed by atoms with Crippen molar-refractivity contribution in [1.29, 1.82) is 0 Å². The van der Waals surface area contributed by atoms with E-state index in [1.165, 1.54) is 5.56 Å². The highest BCUT2D eigenvalue weighted by Gasteiger charge is 2.45. The standard InChI is InChI=1S/C25H36N2O7/c1-3-16-4-6-17(7-5-16)12-19-15(2)27(13-18-8-10-32-11-9-18)26-24(19)34-25-23(31)22(30)21(29)20(14-28)33-25/h4-7,18,20-23,25,28-31H,3,8-14H2,1-2H3/t20-,21-,22+,23-,25?/m1/s1. The van der Waals surface area contributed by atoms with E-state index in [0.29, 0.717) is 18.2 Å². The number of hydrogen-bond donors (Lipinski definition) is 4. The minimum absolute atomic E-state index is 0.313. The lowest BCUT2D eigenvalue weighted by atomic mass is 9.99. The van der Waals surface area contributed by atoms with Gasteiger partial charge in [-0.1, -0.05) is 31.2 Å². The molecule has 188 valence electrons. The van der Waals surface area contributed by atoms with Crippen LogP contribution in [0.25, 0.3) is 0 Å². The zero-order valence-electron chi connectivity index (χ0n) is 19.8. The molecule has 2 saturated heterocycles. The minimum Gasteiger partial charge on any atom is -0.443 e. The largest absolute Gasteiger partial charge is 0.443 e. The molecule has 5 atom stereocenters. The summed E-state index contributed by atoms with van der Waals surface area (Å²) in [6.07, 6.45) is -3.27. The van der Waals surface area contributed by atoms with Crippen molar-refractivity contribution in [2.75, 3.05) is 19.8 Å². The summed E-state index contributed by atoms with van der Waals surface area (Å²) in [4.78, 5) is 0. The van der Waals surface area contributed by atoms with Gasteiger partial charge in [0.2, 0.25) is 12.2 Å². The van der Waals surface area contributed by atoms with Gasteiger partial charge in [0.25, 0.3) is 0 Å². The van der Waals surface area contributed by atoms with Crippen LogP contribution in [-0.4, -0.2) is 80.7 Å². The Morgan fingerprint density at radius 2 is 1.71 bits per heavy atom. The van der Waals surface area contributed by atoms with Crippen molar-refractivity contribution in [2.45, 2.75) is 76.8 Å². The van der Waals surface area contributed by atoms with Gasteiger partial charge in [-0.3, -0.25) is 4.68 Å². The number of aliphatic hydroxyl groups is 4. The monoisotopic (exact) mass is 476 g/mol. The van der Waals surface area contributed by atoms with E-state index < -0.39 is 37.3 Å². The molecular formula is C25H36N2O7. The number of benzene rings is 1. The first-order valence-electron chi connectivity index (χ1n) is 12.1. The Labute approximate surface area is 199 Å². The molecule has 1 unspecified atom stereocenters. The van der Waals surface area contributed by atoms with Gasteiger partial charge in [-0.25, -0.2) is 0 Å². The second-order valence-corrected chi connectivity index (χ2v) is 9.27. The molecule has 34 heavy (non-hydrogen) atoms. The Kier molecular flexibility index (Phi) is 8.23. The van der Waals surface area contributed by atoms with Gasteiger partial charge in [-0.05, 0) is 43.2 Å². The second-order valence-electron chi connectivity index (χ2n) is 9.27. The van der Waals surface area contributed by atoms with Gasteiger partial charge in [-0.15, -0.1) is 5.10 Å². The maximum atomic E-state index is 10.5. The summed E-state index contributed by atoms with van der Waals surface area (Å²) < 4.78 is 19.0. The Hall–Kier alpha value is -2.01. The van der Waals surface area contributed by atoms with Crippen molar-refractivity contribution in [3.8, 4) is 5.88 Å². The fraction of sp³-hybridized carbons (Fsp3) is 0.640. The summed E-state index contributed by atoms with van der Waals surface area (Å²) in [5, 5.41) is 44.9. The molecule has 0 amide bonds. The van der Waals surface area contributed by atoms with Crippen molar-refractivity contribution in [3.63, 3.8) is 0 Å². The fourth-order valence-electron chi connectivity index (χ4n) is 4.58. The molecule has 0 spiro atoms. The number of ether oxygens (including phenoxy) is 3. The Morgan fingerprint density at radius 1 is 1.03 bits per heavy atom. The SMILES string of the molecule is CCc1ccc(Cc2c(OC3O[C@H](CO)[C@@H](O)[C@H](O)[C@H]3O)nn(CC3CCOCC3)c2C)cc1. The highest BCUT2D eigenvalue weighted by Crippen LogP contribution is 2.30. The van der Waals surface area contributed by atoms with Crippen LogP contribution in [0.4, 0.5) is 0 Å². The lowest BCUT2D eigenvalue weighted by molar-refractivity contribution is -0.278. The van der Waals surface area contributed by atoms with Gasteiger partial charge in [-0.2, -0.15) is 0 Å². The molecule has 4 N–H and O–H groups in total. The highest BCUT2D eigenvalue weighted by molar-refractivity contribution is 5.37. The number of hydrogen-bond acceptors (Lipinski definition) is 8. The van der Waals surface area contributed by atoms with E-state index in [-0.39, 0.29) is 0 Å². The number of nitrogens with zero attached hydrogens (tertiary/aromatic N) is 2. The first kappa shape index (κ1) is 25.1. The van der Waals surface area contributed by atoms with Crippen LogP contribution >= 0.6 is 0 Å². The molecule has 3 heterocycles. The van der Waals surface area contributed by atoms with Gasteiger partial charge in [0.1, 0.15) is 24.4 Å². The quantitative estimate of drug-likeness (QED) is 0.444. The molecule has 2 aliphatic rings. The molecule has 4 rings (SSSR count). The summed E-state index contributed by atoms with van der Waals surface area (Å²) in [5.74, 6) is 0.762. The lowest BCUT2D eigenvalue weighted by Crippen LogP contribution is -2.60. The first-order chi connectivity index (χ1) is 16.4. The van der Waals surface area contributed by atoms with Crippen molar-refractivity contribution in [1.82, 2.24) is 9.78 Å². The zero-order valence-corrected chi connectivity index (χ0v) is 19.8. The smallest absolute Gasteiger partial charge is 0.239 e. The number of aliphatic hydroxyl groups excluding tert-OH is 4. The molecular weight excluding hydrogens is 440 g/mol. The van der Waals surface area contributed by atoms with Crippen LogP contribution in [0.2, 0.25) is 0 Å².